The number of carbonyl (C=O) groups excluding carboxylic acids is 1. The summed E-state index contributed by atoms with van der Waals surface area (Å²) in [7, 11) is 0. The Kier molecular flexibility index (Phi) is 5.40. The second-order valence-corrected chi connectivity index (χ2v) is 6.18. The van der Waals surface area contributed by atoms with Crippen LogP contribution in [0.25, 0.3) is 0 Å². The van der Waals surface area contributed by atoms with Crippen LogP contribution >= 0.6 is 0 Å². The van der Waals surface area contributed by atoms with Crippen molar-refractivity contribution < 1.29 is 9.53 Å². The molecule has 1 saturated heterocycles. The SMILES string of the molecule is CC(C)(C)CC(N)CC(=O)NC1CCOCC1. The summed E-state index contributed by atoms with van der Waals surface area (Å²) in [6, 6.07) is 0.230. The lowest BCUT2D eigenvalue weighted by atomic mass is 9.87. The fourth-order valence-electron chi connectivity index (χ4n) is 2.23. The van der Waals surface area contributed by atoms with Crippen LogP contribution in [0.4, 0.5) is 0 Å². The number of hydrogen-bond donors (Lipinski definition) is 2. The van der Waals surface area contributed by atoms with Gasteiger partial charge in [-0.25, -0.2) is 0 Å². The summed E-state index contributed by atoms with van der Waals surface area (Å²) in [5, 5.41) is 3.04. The van der Waals surface area contributed by atoms with Gasteiger partial charge in [-0.15, -0.1) is 0 Å². The second-order valence-electron chi connectivity index (χ2n) is 6.18. The zero-order valence-electron chi connectivity index (χ0n) is 11.3. The summed E-state index contributed by atoms with van der Waals surface area (Å²) < 4.78 is 5.25. The Balaban J connectivity index is 2.23. The summed E-state index contributed by atoms with van der Waals surface area (Å²) in [4.78, 5) is 11.8. The number of carbonyl (C=O) groups is 1. The Labute approximate surface area is 104 Å². The maximum absolute atomic E-state index is 11.8. The van der Waals surface area contributed by atoms with E-state index in [9.17, 15) is 4.79 Å². The first-order valence-electron chi connectivity index (χ1n) is 6.49. The van der Waals surface area contributed by atoms with Gasteiger partial charge in [0.1, 0.15) is 0 Å². The van der Waals surface area contributed by atoms with Crippen molar-refractivity contribution in [1.82, 2.24) is 5.32 Å². The van der Waals surface area contributed by atoms with Crippen LogP contribution in [0.15, 0.2) is 0 Å². The van der Waals surface area contributed by atoms with Gasteiger partial charge in [-0.1, -0.05) is 20.8 Å². The van der Waals surface area contributed by atoms with Gasteiger partial charge in [-0.2, -0.15) is 0 Å². The van der Waals surface area contributed by atoms with Crippen LogP contribution in [-0.4, -0.2) is 31.2 Å². The monoisotopic (exact) mass is 242 g/mol. The Bertz CT molecular complexity index is 242. The molecular formula is C13H26N2O2. The molecule has 0 aromatic carbocycles. The fourth-order valence-corrected chi connectivity index (χ4v) is 2.23. The molecule has 0 saturated carbocycles. The quantitative estimate of drug-likeness (QED) is 0.784. The molecule has 100 valence electrons. The number of nitrogens with two attached hydrogens (primary N) is 1. The lowest BCUT2D eigenvalue weighted by Crippen LogP contribution is -2.41. The zero-order valence-corrected chi connectivity index (χ0v) is 11.3. The van der Waals surface area contributed by atoms with E-state index in [0.717, 1.165) is 32.5 Å². The van der Waals surface area contributed by atoms with Crippen molar-refractivity contribution in [2.45, 2.75) is 58.5 Å². The average molecular weight is 242 g/mol. The summed E-state index contributed by atoms with van der Waals surface area (Å²) in [5.74, 6) is 0.0775. The third-order valence-corrected chi connectivity index (χ3v) is 2.91. The predicted octanol–water partition coefficient (Wildman–Crippen LogP) is 1.44. The fraction of sp³-hybridized carbons (Fsp3) is 0.923. The van der Waals surface area contributed by atoms with Gasteiger partial charge >= 0.3 is 0 Å². The third-order valence-electron chi connectivity index (χ3n) is 2.91. The van der Waals surface area contributed by atoms with E-state index in [1.807, 2.05) is 0 Å². The molecule has 0 aromatic rings. The van der Waals surface area contributed by atoms with E-state index < -0.39 is 0 Å². The van der Waals surface area contributed by atoms with Crippen molar-refractivity contribution in [1.29, 1.82) is 0 Å². The molecular weight excluding hydrogens is 216 g/mol. The molecule has 4 nitrogen and oxygen atoms in total. The van der Waals surface area contributed by atoms with Gasteiger partial charge in [0.15, 0.2) is 0 Å². The average Bonchev–Trinajstić information content (AvgIpc) is 2.15. The first-order valence-corrected chi connectivity index (χ1v) is 6.49. The molecule has 0 aliphatic carbocycles. The molecule has 1 atom stereocenters. The predicted molar refractivity (Wildman–Crippen MR) is 68.6 cm³/mol. The molecule has 1 heterocycles. The highest BCUT2D eigenvalue weighted by atomic mass is 16.5. The van der Waals surface area contributed by atoms with Gasteiger partial charge in [0.05, 0.1) is 0 Å². The molecule has 4 heteroatoms. The van der Waals surface area contributed by atoms with Gasteiger partial charge < -0.3 is 15.8 Å². The van der Waals surface area contributed by atoms with Crippen LogP contribution in [-0.2, 0) is 9.53 Å². The minimum atomic E-state index is -0.0464. The van der Waals surface area contributed by atoms with Gasteiger partial charge in [-0.05, 0) is 24.7 Å². The van der Waals surface area contributed by atoms with E-state index in [-0.39, 0.29) is 23.4 Å². The molecule has 0 radical (unpaired) electrons. The van der Waals surface area contributed by atoms with Crippen LogP contribution in [0, 0.1) is 5.41 Å². The van der Waals surface area contributed by atoms with Crippen molar-refractivity contribution in [3.05, 3.63) is 0 Å². The number of amides is 1. The summed E-state index contributed by atoms with van der Waals surface area (Å²) in [6.07, 6.45) is 3.13. The van der Waals surface area contributed by atoms with Crippen LogP contribution in [0.5, 0.6) is 0 Å². The smallest absolute Gasteiger partial charge is 0.221 e. The third kappa shape index (κ3) is 6.64. The standard InChI is InChI=1S/C13H26N2O2/c1-13(2,3)9-10(14)8-12(16)15-11-4-6-17-7-5-11/h10-11H,4-9,14H2,1-3H3,(H,15,16). The van der Waals surface area contributed by atoms with E-state index in [1.54, 1.807) is 0 Å². The molecule has 1 unspecified atom stereocenters. The largest absolute Gasteiger partial charge is 0.381 e. The topological polar surface area (TPSA) is 64.4 Å². The molecule has 1 aliphatic heterocycles. The first-order chi connectivity index (χ1) is 7.87. The summed E-state index contributed by atoms with van der Waals surface area (Å²) in [5.41, 5.74) is 6.16. The van der Waals surface area contributed by atoms with E-state index >= 15 is 0 Å². The number of rotatable bonds is 4. The Morgan fingerprint density at radius 3 is 2.53 bits per heavy atom. The van der Waals surface area contributed by atoms with Gasteiger partial charge in [0.2, 0.25) is 5.91 Å². The Hall–Kier alpha value is -0.610. The minimum Gasteiger partial charge on any atom is -0.381 e. The van der Waals surface area contributed by atoms with Crippen molar-refractivity contribution in [2.24, 2.45) is 11.1 Å². The molecule has 1 aliphatic rings. The molecule has 1 fully saturated rings. The molecule has 0 bridgehead atoms. The number of ether oxygens (including phenoxy) is 1. The van der Waals surface area contributed by atoms with Crippen molar-refractivity contribution >= 4 is 5.91 Å². The molecule has 1 amide bonds. The molecule has 17 heavy (non-hydrogen) atoms. The maximum Gasteiger partial charge on any atom is 0.221 e. The molecule has 0 spiro atoms. The van der Waals surface area contributed by atoms with Crippen LogP contribution in [0.3, 0.4) is 0 Å². The van der Waals surface area contributed by atoms with Crippen LogP contribution in [0.2, 0.25) is 0 Å². The Morgan fingerprint density at radius 1 is 1.41 bits per heavy atom. The second kappa shape index (κ2) is 6.36. The normalized spacial score (nSPS) is 20.0. The molecule has 0 aromatic heterocycles. The van der Waals surface area contributed by atoms with E-state index in [1.165, 1.54) is 0 Å². The van der Waals surface area contributed by atoms with Crippen molar-refractivity contribution in [3.8, 4) is 0 Å². The van der Waals surface area contributed by atoms with E-state index in [0.29, 0.717) is 6.42 Å². The van der Waals surface area contributed by atoms with Crippen LogP contribution in [0.1, 0.15) is 46.5 Å². The van der Waals surface area contributed by atoms with Gasteiger partial charge in [-0.3, -0.25) is 4.79 Å². The van der Waals surface area contributed by atoms with Crippen LogP contribution < -0.4 is 11.1 Å². The molecule has 1 rings (SSSR count). The Morgan fingerprint density at radius 2 is 2.00 bits per heavy atom. The summed E-state index contributed by atoms with van der Waals surface area (Å²) in [6.45, 7) is 7.92. The number of hydrogen-bond acceptors (Lipinski definition) is 3. The molecule has 3 N–H and O–H groups in total. The minimum absolute atomic E-state index is 0.0464. The lowest BCUT2D eigenvalue weighted by molar-refractivity contribution is -0.122. The van der Waals surface area contributed by atoms with Gasteiger partial charge in [0, 0.05) is 31.7 Å². The lowest BCUT2D eigenvalue weighted by Gasteiger charge is -2.25. The van der Waals surface area contributed by atoms with E-state index in [4.69, 9.17) is 10.5 Å². The highest BCUT2D eigenvalue weighted by molar-refractivity contribution is 5.76. The maximum atomic E-state index is 11.8. The van der Waals surface area contributed by atoms with Gasteiger partial charge in [0.25, 0.3) is 0 Å². The highest BCUT2D eigenvalue weighted by Gasteiger charge is 2.20. The highest BCUT2D eigenvalue weighted by Crippen LogP contribution is 2.21. The van der Waals surface area contributed by atoms with Crippen molar-refractivity contribution in [2.75, 3.05) is 13.2 Å². The summed E-state index contributed by atoms with van der Waals surface area (Å²) >= 11 is 0. The zero-order chi connectivity index (χ0) is 12.9. The van der Waals surface area contributed by atoms with E-state index in [2.05, 4.69) is 26.1 Å². The van der Waals surface area contributed by atoms with Crippen molar-refractivity contribution in [3.63, 3.8) is 0 Å². The number of nitrogens with one attached hydrogen (secondary N) is 1. The first kappa shape index (κ1) is 14.5.